The molecule has 0 heterocycles. The summed E-state index contributed by atoms with van der Waals surface area (Å²) in [6, 6.07) is 4.11. The molecule has 0 saturated carbocycles. The summed E-state index contributed by atoms with van der Waals surface area (Å²) in [6.07, 6.45) is 0. The fourth-order valence-electron chi connectivity index (χ4n) is 2.48. The zero-order valence-electron chi connectivity index (χ0n) is 15.3. The molecule has 0 aromatic heterocycles. The molecule has 0 spiro atoms. The highest BCUT2D eigenvalue weighted by Crippen LogP contribution is 2.42. The summed E-state index contributed by atoms with van der Waals surface area (Å²) >= 11 is 0. The largest absolute Gasteiger partial charge is 0.507 e. The molecule has 0 unspecified atom stereocenters. The maximum atomic E-state index is 10.7. The van der Waals surface area contributed by atoms with E-state index in [0.29, 0.717) is 5.75 Å². The predicted molar refractivity (Wildman–Crippen MR) is 91.9 cm³/mol. The van der Waals surface area contributed by atoms with Crippen molar-refractivity contribution in [1.82, 2.24) is 0 Å². The average Bonchev–Trinajstić information content (AvgIpc) is 2.23. The first-order valence-electron chi connectivity index (χ1n) is 7.79. The molecule has 21 heavy (non-hydrogen) atoms. The second kappa shape index (κ2) is 5.31. The molecule has 0 saturated heterocycles. The van der Waals surface area contributed by atoms with Gasteiger partial charge in [0, 0.05) is 6.04 Å². The molecule has 0 aliphatic carbocycles. The van der Waals surface area contributed by atoms with Crippen molar-refractivity contribution in [3.63, 3.8) is 0 Å². The minimum absolute atomic E-state index is 0.0126. The Morgan fingerprint density at radius 1 is 0.810 bits per heavy atom. The van der Waals surface area contributed by atoms with Gasteiger partial charge in [-0.2, -0.15) is 0 Å². The van der Waals surface area contributed by atoms with Gasteiger partial charge >= 0.3 is 0 Å². The van der Waals surface area contributed by atoms with Crippen LogP contribution >= 0.6 is 0 Å². The van der Waals surface area contributed by atoms with E-state index in [2.05, 4.69) is 74.4 Å². The molecule has 3 N–H and O–H groups in total. The van der Waals surface area contributed by atoms with Crippen LogP contribution in [0.15, 0.2) is 12.1 Å². The lowest BCUT2D eigenvalue weighted by molar-refractivity contribution is 0.325. The van der Waals surface area contributed by atoms with Crippen LogP contribution in [0.2, 0.25) is 0 Å². The molecule has 0 bridgehead atoms. The Bertz CT molecular complexity index is 475. The first kappa shape index (κ1) is 18.0. The second-order valence-electron chi connectivity index (χ2n) is 9.31. The van der Waals surface area contributed by atoms with Gasteiger partial charge in [0.2, 0.25) is 0 Å². The summed E-state index contributed by atoms with van der Waals surface area (Å²) in [7, 11) is 0. The number of rotatable bonds is 1. The van der Waals surface area contributed by atoms with Crippen LogP contribution in [0, 0.1) is 5.41 Å². The van der Waals surface area contributed by atoms with Gasteiger partial charge in [-0.15, -0.1) is 0 Å². The maximum absolute atomic E-state index is 10.7. The van der Waals surface area contributed by atoms with E-state index in [9.17, 15) is 5.11 Å². The molecule has 1 atom stereocenters. The van der Waals surface area contributed by atoms with E-state index >= 15 is 0 Å². The number of hydrogen-bond acceptors (Lipinski definition) is 2. The molecular weight excluding hydrogens is 258 g/mol. The Balaban J connectivity index is 3.63. The van der Waals surface area contributed by atoms with Crippen molar-refractivity contribution in [2.24, 2.45) is 11.1 Å². The van der Waals surface area contributed by atoms with E-state index in [0.717, 1.165) is 16.7 Å². The lowest BCUT2D eigenvalue weighted by atomic mass is 9.75. The number of hydrogen-bond donors (Lipinski definition) is 2. The van der Waals surface area contributed by atoms with Crippen LogP contribution < -0.4 is 5.73 Å². The molecule has 0 aliphatic rings. The van der Waals surface area contributed by atoms with Gasteiger partial charge < -0.3 is 10.8 Å². The zero-order valence-corrected chi connectivity index (χ0v) is 15.3. The lowest BCUT2D eigenvalue weighted by Gasteiger charge is -2.32. The van der Waals surface area contributed by atoms with Gasteiger partial charge in [0.15, 0.2) is 0 Å². The molecular formula is C19H33NO. The van der Waals surface area contributed by atoms with Crippen LogP contribution in [0.4, 0.5) is 0 Å². The number of aromatic hydroxyl groups is 1. The molecule has 0 fully saturated rings. The van der Waals surface area contributed by atoms with E-state index < -0.39 is 0 Å². The average molecular weight is 291 g/mol. The van der Waals surface area contributed by atoms with Crippen LogP contribution in [-0.2, 0) is 10.8 Å². The Kier molecular flexibility index (Phi) is 4.56. The van der Waals surface area contributed by atoms with E-state index in [-0.39, 0.29) is 22.3 Å². The summed E-state index contributed by atoms with van der Waals surface area (Å²) in [6.45, 7) is 19.2. The molecule has 2 heteroatoms. The lowest BCUT2D eigenvalue weighted by Crippen LogP contribution is -2.28. The number of phenols is 1. The molecule has 1 aromatic rings. The number of nitrogens with two attached hydrogens (primary N) is 1. The molecule has 120 valence electrons. The van der Waals surface area contributed by atoms with Gasteiger partial charge in [0.05, 0.1) is 0 Å². The van der Waals surface area contributed by atoms with Crippen molar-refractivity contribution in [3.05, 3.63) is 28.8 Å². The molecule has 0 amide bonds. The fraction of sp³-hybridized carbons (Fsp3) is 0.684. The Morgan fingerprint density at radius 3 is 1.38 bits per heavy atom. The Hall–Kier alpha value is -1.02. The van der Waals surface area contributed by atoms with Gasteiger partial charge in [-0.25, -0.2) is 0 Å². The van der Waals surface area contributed by atoms with Crippen molar-refractivity contribution in [1.29, 1.82) is 0 Å². The van der Waals surface area contributed by atoms with Crippen LogP contribution in [0.5, 0.6) is 5.75 Å². The summed E-state index contributed by atoms with van der Waals surface area (Å²) < 4.78 is 0. The van der Waals surface area contributed by atoms with E-state index in [1.54, 1.807) is 0 Å². The van der Waals surface area contributed by atoms with Gasteiger partial charge in [0.1, 0.15) is 5.75 Å². The standard InChI is InChI=1S/C19H33NO/c1-17(2,3)13-10-12(16(20)19(7,8)9)11-14(15(13)21)18(4,5)6/h10-11,16,21H,20H2,1-9H3/t16-/m0/s1. The minimum Gasteiger partial charge on any atom is -0.507 e. The van der Waals surface area contributed by atoms with Crippen LogP contribution in [0.3, 0.4) is 0 Å². The van der Waals surface area contributed by atoms with Crippen molar-refractivity contribution in [2.45, 2.75) is 79.2 Å². The van der Waals surface area contributed by atoms with Crippen molar-refractivity contribution >= 4 is 0 Å². The SMILES string of the molecule is CC(C)(C)c1cc([C@H](N)C(C)(C)C)cc(C(C)(C)C)c1O. The summed E-state index contributed by atoms with van der Waals surface area (Å²) in [4.78, 5) is 0. The van der Waals surface area contributed by atoms with Gasteiger partial charge in [-0.1, -0.05) is 62.3 Å². The van der Waals surface area contributed by atoms with Crippen molar-refractivity contribution in [3.8, 4) is 5.75 Å². The molecule has 0 radical (unpaired) electrons. The van der Waals surface area contributed by atoms with Crippen LogP contribution in [-0.4, -0.2) is 5.11 Å². The Morgan fingerprint density at radius 2 is 1.14 bits per heavy atom. The van der Waals surface area contributed by atoms with Crippen LogP contribution in [0.25, 0.3) is 0 Å². The highest BCUT2D eigenvalue weighted by Gasteiger charge is 2.30. The van der Waals surface area contributed by atoms with Gasteiger partial charge in [0.25, 0.3) is 0 Å². The first-order chi connectivity index (χ1) is 9.15. The molecule has 0 aliphatic heterocycles. The number of phenolic OH excluding ortho intramolecular Hbond substituents is 1. The summed E-state index contributed by atoms with van der Waals surface area (Å²) in [5.74, 6) is 0.417. The van der Waals surface area contributed by atoms with Crippen LogP contribution in [0.1, 0.15) is 85.0 Å². The zero-order chi connectivity index (χ0) is 16.8. The molecule has 2 nitrogen and oxygen atoms in total. The van der Waals surface area contributed by atoms with E-state index in [1.165, 1.54) is 0 Å². The van der Waals surface area contributed by atoms with Gasteiger partial charge in [-0.05, 0) is 45.1 Å². The third-order valence-corrected chi connectivity index (χ3v) is 4.04. The van der Waals surface area contributed by atoms with Gasteiger partial charge in [-0.3, -0.25) is 0 Å². The quantitative estimate of drug-likeness (QED) is 0.762. The molecule has 1 aromatic carbocycles. The van der Waals surface area contributed by atoms with Crippen molar-refractivity contribution < 1.29 is 5.11 Å². The third-order valence-electron chi connectivity index (χ3n) is 4.04. The third kappa shape index (κ3) is 4.00. The number of benzene rings is 1. The predicted octanol–water partition coefficient (Wildman–Crippen LogP) is 5.03. The highest BCUT2D eigenvalue weighted by atomic mass is 16.3. The van der Waals surface area contributed by atoms with E-state index in [4.69, 9.17) is 5.73 Å². The topological polar surface area (TPSA) is 46.2 Å². The smallest absolute Gasteiger partial charge is 0.123 e. The second-order valence-corrected chi connectivity index (χ2v) is 9.31. The summed E-state index contributed by atoms with van der Waals surface area (Å²) in [5, 5.41) is 10.7. The molecule has 1 rings (SSSR count). The minimum atomic E-state index is -0.113. The first-order valence-corrected chi connectivity index (χ1v) is 7.79. The monoisotopic (exact) mass is 291 g/mol. The maximum Gasteiger partial charge on any atom is 0.123 e. The van der Waals surface area contributed by atoms with Crippen molar-refractivity contribution in [2.75, 3.05) is 0 Å². The highest BCUT2D eigenvalue weighted by molar-refractivity contribution is 5.50. The fourth-order valence-corrected chi connectivity index (χ4v) is 2.48. The summed E-state index contributed by atoms with van der Waals surface area (Å²) in [5.41, 5.74) is 9.29. The normalized spacial score (nSPS) is 15.1. The Labute approximate surface area is 130 Å². The van der Waals surface area contributed by atoms with E-state index in [1.807, 2.05) is 0 Å².